The number of β-amino-alcohol motifs (C(OH)–C–C–N with tert-alkyl or cyclic N) is 1. The number of rotatable bonds is 5. The van der Waals surface area contributed by atoms with Crippen molar-refractivity contribution in [1.29, 1.82) is 0 Å². The molecular weight excluding hydrogens is 430 g/mol. The summed E-state index contributed by atoms with van der Waals surface area (Å²) in [6.45, 7) is 15.2. The number of aliphatic hydroxyl groups excluding tert-OH is 1. The van der Waals surface area contributed by atoms with Crippen molar-refractivity contribution in [2.75, 3.05) is 44.2 Å². The molecule has 3 aliphatic rings. The summed E-state index contributed by atoms with van der Waals surface area (Å²) < 4.78 is 0. The number of benzene rings is 1. The summed E-state index contributed by atoms with van der Waals surface area (Å²) in [7, 11) is 0. The van der Waals surface area contributed by atoms with Gasteiger partial charge in [0.15, 0.2) is 0 Å². The fourth-order valence-electron chi connectivity index (χ4n) is 6.90. The molecule has 0 saturated carbocycles. The summed E-state index contributed by atoms with van der Waals surface area (Å²) >= 11 is 0. The standard InChI is InChI=1S/C31H45N3O/c1-30(2)14-15-31(3,4)27-22-25(8-9-26(27)30)28-6-5-7-29(32-28)34-18-12-24(13-19-34)23-10-16-33(17-11-23)20-21-35/h5-9,22-24,35H,10-21H2,1-4H3. The molecule has 35 heavy (non-hydrogen) atoms. The molecule has 1 aromatic heterocycles. The maximum absolute atomic E-state index is 9.21. The van der Waals surface area contributed by atoms with Gasteiger partial charge in [-0.05, 0) is 104 Å². The normalized spacial score (nSPS) is 23.3. The Kier molecular flexibility index (Phi) is 6.98. The Morgan fingerprint density at radius 3 is 2.11 bits per heavy atom. The third-order valence-corrected chi connectivity index (χ3v) is 9.46. The van der Waals surface area contributed by atoms with Gasteiger partial charge in [-0.1, -0.05) is 45.9 Å². The van der Waals surface area contributed by atoms with E-state index >= 15 is 0 Å². The van der Waals surface area contributed by atoms with Crippen LogP contribution in [0.1, 0.15) is 77.3 Å². The summed E-state index contributed by atoms with van der Waals surface area (Å²) in [5.41, 5.74) is 5.83. The number of aliphatic hydroxyl groups is 1. The van der Waals surface area contributed by atoms with Crippen LogP contribution in [0.4, 0.5) is 5.82 Å². The molecule has 0 bridgehead atoms. The lowest BCUT2D eigenvalue weighted by Crippen LogP contribution is -2.41. The maximum atomic E-state index is 9.21. The van der Waals surface area contributed by atoms with Gasteiger partial charge in [-0.15, -0.1) is 0 Å². The van der Waals surface area contributed by atoms with Gasteiger partial charge < -0.3 is 14.9 Å². The molecule has 2 aliphatic heterocycles. The molecule has 3 heterocycles. The van der Waals surface area contributed by atoms with Crippen molar-refractivity contribution in [3.8, 4) is 11.3 Å². The first-order valence-electron chi connectivity index (χ1n) is 14.0. The summed E-state index contributed by atoms with van der Waals surface area (Å²) in [5, 5.41) is 9.21. The van der Waals surface area contributed by atoms with Gasteiger partial charge in [0.1, 0.15) is 5.82 Å². The minimum Gasteiger partial charge on any atom is -0.395 e. The molecule has 4 heteroatoms. The van der Waals surface area contributed by atoms with Crippen LogP contribution < -0.4 is 4.90 Å². The van der Waals surface area contributed by atoms with Crippen LogP contribution in [0.2, 0.25) is 0 Å². The van der Waals surface area contributed by atoms with E-state index in [1.54, 1.807) is 0 Å². The van der Waals surface area contributed by atoms with E-state index in [1.807, 2.05) is 0 Å². The topological polar surface area (TPSA) is 39.6 Å². The molecule has 0 atom stereocenters. The number of pyridine rings is 1. The number of hydrogen-bond donors (Lipinski definition) is 1. The molecule has 0 spiro atoms. The Bertz CT molecular complexity index is 1010. The molecule has 1 aromatic carbocycles. The van der Waals surface area contributed by atoms with E-state index in [0.29, 0.717) is 0 Å². The zero-order chi connectivity index (χ0) is 24.6. The van der Waals surface area contributed by atoms with Gasteiger partial charge in [0.2, 0.25) is 0 Å². The van der Waals surface area contributed by atoms with Crippen LogP contribution in [0.5, 0.6) is 0 Å². The zero-order valence-corrected chi connectivity index (χ0v) is 22.4. The van der Waals surface area contributed by atoms with E-state index in [0.717, 1.165) is 56.1 Å². The first-order valence-corrected chi connectivity index (χ1v) is 14.0. The monoisotopic (exact) mass is 475 g/mol. The van der Waals surface area contributed by atoms with E-state index in [9.17, 15) is 5.11 Å². The molecule has 190 valence electrons. The second kappa shape index (κ2) is 9.86. The van der Waals surface area contributed by atoms with Gasteiger partial charge in [-0.2, -0.15) is 0 Å². The van der Waals surface area contributed by atoms with Crippen molar-refractivity contribution >= 4 is 5.82 Å². The number of hydrogen-bond acceptors (Lipinski definition) is 4. The van der Waals surface area contributed by atoms with Crippen molar-refractivity contribution in [3.63, 3.8) is 0 Å². The Morgan fingerprint density at radius 1 is 0.829 bits per heavy atom. The molecule has 1 aliphatic carbocycles. The average molecular weight is 476 g/mol. The summed E-state index contributed by atoms with van der Waals surface area (Å²) in [6.07, 6.45) is 7.63. The van der Waals surface area contributed by atoms with Crippen molar-refractivity contribution in [2.24, 2.45) is 11.8 Å². The van der Waals surface area contributed by atoms with Crippen LogP contribution in [-0.4, -0.2) is 54.3 Å². The lowest BCUT2D eigenvalue weighted by molar-refractivity contribution is 0.115. The minimum atomic E-state index is 0.217. The molecule has 2 aromatic rings. The first kappa shape index (κ1) is 24.8. The Labute approximate surface area is 212 Å². The highest BCUT2D eigenvalue weighted by atomic mass is 16.3. The van der Waals surface area contributed by atoms with Gasteiger partial charge >= 0.3 is 0 Å². The predicted molar refractivity (Wildman–Crippen MR) is 146 cm³/mol. The third kappa shape index (κ3) is 5.15. The highest BCUT2D eigenvalue weighted by Crippen LogP contribution is 2.46. The molecule has 4 nitrogen and oxygen atoms in total. The summed E-state index contributed by atoms with van der Waals surface area (Å²) in [4.78, 5) is 10.1. The number of anilines is 1. The number of nitrogens with zero attached hydrogens (tertiary/aromatic N) is 3. The predicted octanol–water partition coefficient (Wildman–Crippen LogP) is 6.02. The van der Waals surface area contributed by atoms with Crippen LogP contribution in [0.3, 0.4) is 0 Å². The quantitative estimate of drug-likeness (QED) is 0.574. The maximum Gasteiger partial charge on any atom is 0.129 e. The van der Waals surface area contributed by atoms with E-state index < -0.39 is 0 Å². The van der Waals surface area contributed by atoms with Crippen LogP contribution >= 0.6 is 0 Å². The van der Waals surface area contributed by atoms with Crippen LogP contribution in [-0.2, 0) is 10.8 Å². The third-order valence-electron chi connectivity index (χ3n) is 9.46. The molecule has 0 radical (unpaired) electrons. The van der Waals surface area contributed by atoms with Gasteiger partial charge in [0.25, 0.3) is 0 Å². The van der Waals surface area contributed by atoms with Crippen molar-refractivity contribution < 1.29 is 5.11 Å². The fraction of sp³-hybridized carbons (Fsp3) is 0.645. The number of fused-ring (bicyclic) bond motifs is 1. The van der Waals surface area contributed by atoms with Crippen LogP contribution in [0.15, 0.2) is 36.4 Å². The Balaban J connectivity index is 1.27. The summed E-state index contributed by atoms with van der Waals surface area (Å²) in [5.74, 6) is 2.84. The largest absolute Gasteiger partial charge is 0.395 e. The van der Waals surface area contributed by atoms with Crippen molar-refractivity contribution in [1.82, 2.24) is 9.88 Å². The second-order valence-corrected chi connectivity index (χ2v) is 12.6. The smallest absolute Gasteiger partial charge is 0.129 e. The van der Waals surface area contributed by atoms with Gasteiger partial charge in [0, 0.05) is 25.2 Å². The number of likely N-dealkylation sites (tertiary alicyclic amines) is 1. The molecule has 2 fully saturated rings. The molecule has 5 rings (SSSR count). The van der Waals surface area contributed by atoms with Crippen LogP contribution in [0, 0.1) is 11.8 Å². The zero-order valence-electron chi connectivity index (χ0n) is 22.4. The first-order chi connectivity index (χ1) is 16.8. The minimum absolute atomic E-state index is 0.217. The molecule has 0 amide bonds. The fourth-order valence-corrected chi connectivity index (χ4v) is 6.90. The number of aromatic nitrogens is 1. The molecule has 0 unspecified atom stereocenters. The van der Waals surface area contributed by atoms with Gasteiger partial charge in [0.05, 0.1) is 12.3 Å². The lowest BCUT2D eigenvalue weighted by Gasteiger charge is -2.42. The van der Waals surface area contributed by atoms with E-state index in [1.165, 1.54) is 55.2 Å². The van der Waals surface area contributed by atoms with Gasteiger partial charge in [-0.25, -0.2) is 4.98 Å². The average Bonchev–Trinajstić information content (AvgIpc) is 2.88. The van der Waals surface area contributed by atoms with E-state index in [4.69, 9.17) is 4.98 Å². The Hall–Kier alpha value is -1.91. The molecule has 1 N–H and O–H groups in total. The Morgan fingerprint density at radius 2 is 1.46 bits per heavy atom. The highest BCUT2D eigenvalue weighted by Gasteiger charge is 2.37. The number of piperidine rings is 2. The SMILES string of the molecule is CC1(C)CCC(C)(C)c2cc(-c3cccc(N4CCC(C5CCN(CCO)CC5)CC4)n3)ccc21. The van der Waals surface area contributed by atoms with Crippen molar-refractivity contribution in [2.45, 2.75) is 77.0 Å². The van der Waals surface area contributed by atoms with E-state index in [2.05, 4.69) is 73.9 Å². The van der Waals surface area contributed by atoms with E-state index in [-0.39, 0.29) is 17.4 Å². The van der Waals surface area contributed by atoms with Crippen LogP contribution in [0.25, 0.3) is 11.3 Å². The highest BCUT2D eigenvalue weighted by molar-refractivity contribution is 5.65. The van der Waals surface area contributed by atoms with Crippen molar-refractivity contribution in [3.05, 3.63) is 47.5 Å². The molecular formula is C31H45N3O. The molecule has 2 saturated heterocycles. The van der Waals surface area contributed by atoms with Gasteiger partial charge in [-0.3, -0.25) is 0 Å². The lowest BCUT2D eigenvalue weighted by atomic mass is 9.63. The summed E-state index contributed by atoms with van der Waals surface area (Å²) in [6, 6.07) is 13.7. The second-order valence-electron chi connectivity index (χ2n) is 12.6.